The van der Waals surface area contributed by atoms with E-state index in [1.807, 2.05) is 0 Å². The SMILES string of the molecule is CCC1CCCC(Nc2cc(C(F)(F)F)ccc2F)CC1. The molecule has 1 aromatic rings. The molecule has 2 atom stereocenters. The second kappa shape index (κ2) is 6.67. The van der Waals surface area contributed by atoms with Gasteiger partial charge in [-0.1, -0.05) is 26.2 Å². The van der Waals surface area contributed by atoms with Crippen molar-refractivity contribution in [2.45, 2.75) is 57.7 Å². The molecule has 21 heavy (non-hydrogen) atoms. The van der Waals surface area contributed by atoms with Crippen LogP contribution in [0.4, 0.5) is 23.2 Å². The molecule has 1 fully saturated rings. The van der Waals surface area contributed by atoms with Gasteiger partial charge in [0.15, 0.2) is 0 Å². The average Bonchev–Trinajstić information content (AvgIpc) is 2.65. The predicted octanol–water partition coefficient (Wildman–Crippen LogP) is 5.62. The zero-order valence-electron chi connectivity index (χ0n) is 12.1. The molecule has 1 aliphatic carbocycles. The summed E-state index contributed by atoms with van der Waals surface area (Å²) < 4.78 is 51.8. The maximum absolute atomic E-state index is 13.7. The summed E-state index contributed by atoms with van der Waals surface area (Å²) in [5.41, 5.74) is -0.851. The van der Waals surface area contributed by atoms with Crippen molar-refractivity contribution in [3.8, 4) is 0 Å². The average molecular weight is 303 g/mol. The third-order valence-corrected chi connectivity index (χ3v) is 4.32. The normalized spacial score (nSPS) is 23.7. The Morgan fingerprint density at radius 3 is 2.57 bits per heavy atom. The first-order valence-corrected chi connectivity index (χ1v) is 7.53. The standard InChI is InChI=1S/C16H21F4N/c1-2-11-4-3-5-13(8-6-11)21-15-10-12(16(18,19)20)7-9-14(15)17/h7,9-11,13,21H,2-6,8H2,1H3. The second-order valence-corrected chi connectivity index (χ2v) is 5.82. The first-order chi connectivity index (χ1) is 9.90. The molecular weight excluding hydrogens is 282 g/mol. The summed E-state index contributed by atoms with van der Waals surface area (Å²) in [5, 5.41) is 2.97. The Balaban J connectivity index is 2.08. The van der Waals surface area contributed by atoms with Crippen molar-refractivity contribution in [2.75, 3.05) is 5.32 Å². The van der Waals surface area contributed by atoms with Crippen molar-refractivity contribution in [2.24, 2.45) is 5.92 Å². The largest absolute Gasteiger partial charge is 0.416 e. The van der Waals surface area contributed by atoms with Gasteiger partial charge in [0.1, 0.15) is 5.82 Å². The third-order valence-electron chi connectivity index (χ3n) is 4.32. The van der Waals surface area contributed by atoms with E-state index in [4.69, 9.17) is 0 Å². The molecular formula is C16H21F4N. The number of nitrogens with one attached hydrogen (secondary N) is 1. The molecule has 1 aliphatic rings. The Labute approximate surface area is 122 Å². The summed E-state index contributed by atoms with van der Waals surface area (Å²) >= 11 is 0. The zero-order chi connectivity index (χ0) is 15.5. The second-order valence-electron chi connectivity index (χ2n) is 5.82. The van der Waals surface area contributed by atoms with Crippen LogP contribution in [0.15, 0.2) is 18.2 Å². The van der Waals surface area contributed by atoms with Gasteiger partial charge in [-0.3, -0.25) is 0 Å². The van der Waals surface area contributed by atoms with Crippen molar-refractivity contribution < 1.29 is 17.6 Å². The molecule has 1 saturated carbocycles. The van der Waals surface area contributed by atoms with E-state index in [-0.39, 0.29) is 11.7 Å². The molecule has 0 saturated heterocycles. The zero-order valence-corrected chi connectivity index (χ0v) is 12.1. The molecule has 2 rings (SSSR count). The molecule has 0 heterocycles. The maximum Gasteiger partial charge on any atom is 0.416 e. The van der Waals surface area contributed by atoms with E-state index >= 15 is 0 Å². The molecule has 0 amide bonds. The van der Waals surface area contributed by atoms with Crippen LogP contribution in [-0.4, -0.2) is 6.04 Å². The predicted molar refractivity (Wildman–Crippen MR) is 75.7 cm³/mol. The first kappa shape index (κ1) is 16.1. The summed E-state index contributed by atoms with van der Waals surface area (Å²) in [4.78, 5) is 0. The van der Waals surface area contributed by atoms with Gasteiger partial charge in [-0.15, -0.1) is 0 Å². The Kier molecular flexibility index (Phi) is 5.12. The molecule has 5 heteroatoms. The molecule has 0 bridgehead atoms. The number of benzene rings is 1. The van der Waals surface area contributed by atoms with Crippen molar-refractivity contribution >= 4 is 5.69 Å². The molecule has 0 radical (unpaired) electrons. The number of rotatable bonds is 3. The van der Waals surface area contributed by atoms with E-state index in [0.29, 0.717) is 5.92 Å². The fourth-order valence-electron chi connectivity index (χ4n) is 2.96. The Morgan fingerprint density at radius 1 is 1.14 bits per heavy atom. The summed E-state index contributed by atoms with van der Waals surface area (Å²) in [5.74, 6) is 0.0578. The van der Waals surface area contributed by atoms with Crippen LogP contribution in [0.25, 0.3) is 0 Å². The minimum Gasteiger partial charge on any atom is -0.380 e. The number of hydrogen-bond acceptors (Lipinski definition) is 1. The summed E-state index contributed by atoms with van der Waals surface area (Å²) in [6.45, 7) is 2.16. The van der Waals surface area contributed by atoms with Gasteiger partial charge in [0, 0.05) is 6.04 Å². The van der Waals surface area contributed by atoms with Crippen molar-refractivity contribution in [3.05, 3.63) is 29.6 Å². The Bertz CT molecular complexity index is 470. The molecule has 1 N–H and O–H groups in total. The van der Waals surface area contributed by atoms with Crippen molar-refractivity contribution in [3.63, 3.8) is 0 Å². The smallest absolute Gasteiger partial charge is 0.380 e. The summed E-state index contributed by atoms with van der Waals surface area (Å²) in [6.07, 6.45) is 1.69. The number of hydrogen-bond donors (Lipinski definition) is 1. The van der Waals surface area contributed by atoms with Crippen molar-refractivity contribution in [1.29, 1.82) is 0 Å². The monoisotopic (exact) mass is 303 g/mol. The first-order valence-electron chi connectivity index (χ1n) is 7.53. The fourth-order valence-corrected chi connectivity index (χ4v) is 2.96. The summed E-state index contributed by atoms with van der Waals surface area (Å²) in [6, 6.07) is 2.59. The molecule has 118 valence electrons. The van der Waals surface area contributed by atoms with Crippen LogP contribution < -0.4 is 5.32 Å². The van der Waals surface area contributed by atoms with Gasteiger partial charge in [0.25, 0.3) is 0 Å². The van der Waals surface area contributed by atoms with Crippen LogP contribution in [0.3, 0.4) is 0 Å². The molecule has 2 unspecified atom stereocenters. The van der Waals surface area contributed by atoms with Crippen LogP contribution in [-0.2, 0) is 6.18 Å². The number of alkyl halides is 3. The van der Waals surface area contributed by atoms with Crippen LogP contribution in [0.1, 0.15) is 51.0 Å². The van der Waals surface area contributed by atoms with Crippen molar-refractivity contribution in [1.82, 2.24) is 0 Å². The van der Waals surface area contributed by atoms with E-state index in [1.54, 1.807) is 0 Å². The van der Waals surface area contributed by atoms with E-state index in [2.05, 4.69) is 12.2 Å². The van der Waals surface area contributed by atoms with Gasteiger partial charge in [0.2, 0.25) is 0 Å². The summed E-state index contributed by atoms with van der Waals surface area (Å²) in [7, 11) is 0. The van der Waals surface area contributed by atoms with Gasteiger partial charge in [-0.05, 0) is 43.4 Å². The van der Waals surface area contributed by atoms with Gasteiger partial charge in [-0.2, -0.15) is 13.2 Å². The Hall–Kier alpha value is -1.26. The van der Waals surface area contributed by atoms with Gasteiger partial charge in [0.05, 0.1) is 11.3 Å². The minimum absolute atomic E-state index is 0.0372. The lowest BCUT2D eigenvalue weighted by molar-refractivity contribution is -0.137. The highest BCUT2D eigenvalue weighted by molar-refractivity contribution is 5.48. The van der Waals surface area contributed by atoms with Gasteiger partial charge >= 0.3 is 6.18 Å². The topological polar surface area (TPSA) is 12.0 Å². The lowest BCUT2D eigenvalue weighted by Gasteiger charge is -2.19. The molecule has 0 spiro atoms. The van der Waals surface area contributed by atoms with E-state index < -0.39 is 17.6 Å². The van der Waals surface area contributed by atoms with Crippen LogP contribution in [0, 0.1) is 11.7 Å². The number of halogens is 4. The Morgan fingerprint density at radius 2 is 1.90 bits per heavy atom. The fraction of sp³-hybridized carbons (Fsp3) is 0.625. The van der Waals surface area contributed by atoms with Crippen LogP contribution in [0.2, 0.25) is 0 Å². The number of anilines is 1. The maximum atomic E-state index is 13.7. The van der Waals surface area contributed by atoms with E-state index in [1.165, 1.54) is 0 Å². The highest BCUT2D eigenvalue weighted by Crippen LogP contribution is 2.33. The molecule has 1 nitrogen and oxygen atoms in total. The molecule has 0 aliphatic heterocycles. The van der Waals surface area contributed by atoms with Crippen LogP contribution in [0.5, 0.6) is 0 Å². The van der Waals surface area contributed by atoms with E-state index in [9.17, 15) is 17.6 Å². The van der Waals surface area contributed by atoms with Gasteiger partial charge in [-0.25, -0.2) is 4.39 Å². The van der Waals surface area contributed by atoms with E-state index in [0.717, 1.165) is 56.7 Å². The highest BCUT2D eigenvalue weighted by Gasteiger charge is 2.31. The third kappa shape index (κ3) is 4.35. The molecule has 1 aromatic carbocycles. The highest BCUT2D eigenvalue weighted by atomic mass is 19.4. The molecule has 0 aromatic heterocycles. The lowest BCUT2D eigenvalue weighted by atomic mass is 9.98. The quantitative estimate of drug-likeness (QED) is 0.565. The van der Waals surface area contributed by atoms with Gasteiger partial charge < -0.3 is 5.32 Å². The minimum atomic E-state index is -4.44. The lowest BCUT2D eigenvalue weighted by Crippen LogP contribution is -2.20. The van der Waals surface area contributed by atoms with Crippen LogP contribution >= 0.6 is 0 Å².